The Morgan fingerprint density at radius 1 is 0.800 bits per heavy atom. The molecule has 0 bridgehead atoms. The minimum Gasteiger partial charge on any atom is -0.333 e. The first-order valence-electron chi connectivity index (χ1n) is 14.0. The SMILES string of the molecule is O=C(Nc1cccc(-c2nc3ccccn3c2-c2ccnc(Nc3cccc(Cn4ccnc4)c3)n2)c1)c1c(F)cccc1F. The van der Waals surface area contributed by atoms with E-state index in [2.05, 4.69) is 20.6 Å². The molecule has 220 valence electrons. The molecule has 0 aliphatic carbocycles. The van der Waals surface area contributed by atoms with E-state index in [-0.39, 0.29) is 0 Å². The molecule has 1 amide bonds. The summed E-state index contributed by atoms with van der Waals surface area (Å²) in [5, 5.41) is 5.91. The van der Waals surface area contributed by atoms with Gasteiger partial charge in [0.2, 0.25) is 5.95 Å². The number of nitrogens with one attached hydrogen (secondary N) is 2. The first-order valence-corrected chi connectivity index (χ1v) is 14.0. The molecule has 45 heavy (non-hydrogen) atoms. The van der Waals surface area contributed by atoms with Crippen LogP contribution in [0.3, 0.4) is 0 Å². The summed E-state index contributed by atoms with van der Waals surface area (Å²) in [6.45, 7) is 0.677. The number of halogens is 2. The summed E-state index contributed by atoms with van der Waals surface area (Å²) in [5.41, 5.74) is 4.88. The fourth-order valence-electron chi connectivity index (χ4n) is 5.11. The number of benzene rings is 3. The van der Waals surface area contributed by atoms with Crippen molar-refractivity contribution in [3.63, 3.8) is 0 Å². The van der Waals surface area contributed by atoms with Crippen molar-refractivity contribution in [2.24, 2.45) is 0 Å². The van der Waals surface area contributed by atoms with Gasteiger partial charge in [-0.3, -0.25) is 9.20 Å². The van der Waals surface area contributed by atoms with E-state index >= 15 is 0 Å². The van der Waals surface area contributed by atoms with Crippen molar-refractivity contribution in [1.29, 1.82) is 0 Å². The van der Waals surface area contributed by atoms with Crippen molar-refractivity contribution in [3.05, 3.63) is 145 Å². The van der Waals surface area contributed by atoms with Crippen molar-refractivity contribution in [2.75, 3.05) is 10.6 Å². The third-order valence-corrected chi connectivity index (χ3v) is 7.12. The van der Waals surface area contributed by atoms with E-state index in [0.717, 1.165) is 23.4 Å². The molecule has 0 saturated heterocycles. The normalized spacial score (nSPS) is 11.1. The maximum atomic E-state index is 14.2. The van der Waals surface area contributed by atoms with Crippen molar-refractivity contribution in [2.45, 2.75) is 6.54 Å². The lowest BCUT2D eigenvalue weighted by Gasteiger charge is -2.11. The maximum absolute atomic E-state index is 14.2. The zero-order valence-electron chi connectivity index (χ0n) is 23.6. The van der Waals surface area contributed by atoms with Crippen LogP contribution in [0.15, 0.2) is 122 Å². The molecule has 0 aliphatic rings. The van der Waals surface area contributed by atoms with Gasteiger partial charge in [0.05, 0.1) is 23.4 Å². The lowest BCUT2D eigenvalue weighted by atomic mass is 10.1. The number of amides is 1. The molecule has 4 aromatic heterocycles. The topological polar surface area (TPSA) is 102 Å². The Morgan fingerprint density at radius 3 is 2.47 bits per heavy atom. The number of carbonyl (C=O) groups excluding carboxylic acids is 1. The third kappa shape index (κ3) is 5.74. The highest BCUT2D eigenvalue weighted by Crippen LogP contribution is 2.33. The van der Waals surface area contributed by atoms with E-state index in [1.165, 1.54) is 6.07 Å². The number of carbonyl (C=O) groups is 1. The van der Waals surface area contributed by atoms with Crippen molar-refractivity contribution < 1.29 is 13.6 Å². The molecule has 0 radical (unpaired) electrons. The smallest absolute Gasteiger partial charge is 0.261 e. The van der Waals surface area contributed by atoms with Crippen LogP contribution in [-0.4, -0.2) is 34.8 Å². The summed E-state index contributed by atoms with van der Waals surface area (Å²) in [7, 11) is 0. The average molecular weight is 599 g/mol. The molecule has 0 unspecified atom stereocenters. The second-order valence-corrected chi connectivity index (χ2v) is 10.2. The van der Waals surface area contributed by atoms with Crippen LogP contribution in [0.5, 0.6) is 0 Å². The Bertz CT molecular complexity index is 2140. The Hall–Kier alpha value is -6.23. The average Bonchev–Trinajstić information content (AvgIpc) is 3.69. The Balaban J connectivity index is 1.22. The molecule has 0 aliphatic heterocycles. The second kappa shape index (κ2) is 11.8. The Morgan fingerprint density at radius 2 is 1.62 bits per heavy atom. The lowest BCUT2D eigenvalue weighted by molar-refractivity contribution is 0.101. The van der Waals surface area contributed by atoms with Gasteiger partial charge in [-0.15, -0.1) is 0 Å². The van der Waals surface area contributed by atoms with Crippen molar-refractivity contribution in [1.82, 2.24) is 28.9 Å². The van der Waals surface area contributed by atoms with Gasteiger partial charge in [-0.05, 0) is 60.2 Å². The van der Waals surface area contributed by atoms with Crippen LogP contribution in [-0.2, 0) is 6.54 Å². The van der Waals surface area contributed by atoms with Gasteiger partial charge in [0.25, 0.3) is 5.91 Å². The molecule has 7 aromatic rings. The summed E-state index contributed by atoms with van der Waals surface area (Å²) >= 11 is 0. The van der Waals surface area contributed by atoms with Crippen molar-refractivity contribution >= 4 is 28.9 Å². The van der Waals surface area contributed by atoms with Gasteiger partial charge in [-0.25, -0.2) is 28.7 Å². The predicted octanol–water partition coefficient (Wildman–Crippen LogP) is 6.98. The van der Waals surface area contributed by atoms with E-state index in [4.69, 9.17) is 9.97 Å². The molecule has 0 spiro atoms. The van der Waals surface area contributed by atoms with Crippen LogP contribution in [0.25, 0.3) is 28.3 Å². The van der Waals surface area contributed by atoms with Crippen molar-refractivity contribution in [3.8, 4) is 22.6 Å². The Labute approximate surface area is 255 Å². The fraction of sp³-hybridized carbons (Fsp3) is 0.0294. The van der Waals surface area contributed by atoms with Crippen LogP contribution in [0.2, 0.25) is 0 Å². The number of rotatable bonds is 8. The highest BCUT2D eigenvalue weighted by molar-refractivity contribution is 6.05. The maximum Gasteiger partial charge on any atom is 0.261 e. The highest BCUT2D eigenvalue weighted by atomic mass is 19.1. The summed E-state index contributed by atoms with van der Waals surface area (Å²) < 4.78 is 32.4. The number of aromatic nitrogens is 6. The summed E-state index contributed by atoms with van der Waals surface area (Å²) in [4.78, 5) is 31.0. The number of pyridine rings is 1. The molecule has 7 rings (SSSR count). The van der Waals surface area contributed by atoms with E-state index < -0.39 is 23.1 Å². The molecular formula is C34H24F2N8O. The predicted molar refractivity (Wildman–Crippen MR) is 167 cm³/mol. The molecule has 2 N–H and O–H groups in total. The molecule has 0 saturated carbocycles. The quantitative estimate of drug-likeness (QED) is 0.196. The van der Waals surface area contributed by atoms with E-state index in [0.29, 0.717) is 46.5 Å². The van der Waals surface area contributed by atoms with Crippen LogP contribution < -0.4 is 10.6 Å². The molecule has 4 heterocycles. The summed E-state index contributed by atoms with van der Waals surface area (Å²) in [5.74, 6) is -2.37. The van der Waals surface area contributed by atoms with Gasteiger partial charge in [-0.1, -0.05) is 36.4 Å². The number of hydrogen-bond donors (Lipinski definition) is 2. The van der Waals surface area contributed by atoms with Gasteiger partial charge in [0, 0.05) is 48.3 Å². The van der Waals surface area contributed by atoms with Gasteiger partial charge < -0.3 is 15.2 Å². The zero-order valence-corrected chi connectivity index (χ0v) is 23.6. The molecule has 3 aromatic carbocycles. The molecule has 0 fully saturated rings. The molecule has 0 atom stereocenters. The minimum atomic E-state index is -0.940. The first-order chi connectivity index (χ1) is 22.0. The van der Waals surface area contributed by atoms with Crippen LogP contribution >= 0.6 is 0 Å². The molecule has 9 nitrogen and oxygen atoms in total. The van der Waals surface area contributed by atoms with Gasteiger partial charge in [0.15, 0.2) is 0 Å². The largest absolute Gasteiger partial charge is 0.333 e. The summed E-state index contributed by atoms with van der Waals surface area (Å²) in [6, 6.07) is 25.7. The number of imidazole rings is 2. The van der Waals surface area contributed by atoms with Crippen LogP contribution in [0.4, 0.5) is 26.1 Å². The van der Waals surface area contributed by atoms with Crippen LogP contribution in [0.1, 0.15) is 15.9 Å². The third-order valence-electron chi connectivity index (χ3n) is 7.12. The molecule has 11 heteroatoms. The first kappa shape index (κ1) is 27.6. The lowest BCUT2D eigenvalue weighted by Crippen LogP contribution is -2.15. The summed E-state index contributed by atoms with van der Waals surface area (Å²) in [6.07, 6.45) is 8.99. The second-order valence-electron chi connectivity index (χ2n) is 10.2. The number of nitrogens with zero attached hydrogens (tertiary/aromatic N) is 6. The standard InChI is InChI=1S/C34H24F2N8O/c35-26-10-5-11-27(36)30(26)33(45)39-25-9-4-7-23(19-25)31-32(44-16-2-1-12-29(44)42-31)28-13-14-38-34(41-28)40-24-8-3-6-22(18-24)20-43-17-15-37-21-43/h1-19,21H,20H2,(H,39,45)(H,38,40,41). The Kier molecular flexibility index (Phi) is 7.24. The van der Waals surface area contributed by atoms with E-state index in [1.807, 2.05) is 69.9 Å². The monoisotopic (exact) mass is 598 g/mol. The highest BCUT2D eigenvalue weighted by Gasteiger charge is 2.20. The van der Waals surface area contributed by atoms with Gasteiger partial charge in [-0.2, -0.15) is 0 Å². The van der Waals surface area contributed by atoms with Gasteiger partial charge in [0.1, 0.15) is 22.8 Å². The zero-order chi connectivity index (χ0) is 30.8. The number of fused-ring (bicyclic) bond motifs is 1. The fourth-order valence-corrected chi connectivity index (χ4v) is 5.11. The molecular weight excluding hydrogens is 574 g/mol. The number of anilines is 3. The number of hydrogen-bond acceptors (Lipinski definition) is 6. The van der Waals surface area contributed by atoms with E-state index in [9.17, 15) is 13.6 Å². The minimum absolute atomic E-state index is 0.351. The van der Waals surface area contributed by atoms with Crippen LogP contribution in [0, 0.1) is 11.6 Å². The van der Waals surface area contributed by atoms with E-state index in [1.54, 1.807) is 43.0 Å². The van der Waals surface area contributed by atoms with Gasteiger partial charge >= 0.3 is 0 Å².